The minimum absolute atomic E-state index is 0.490. The molecular formula is C8H10. The van der Waals surface area contributed by atoms with Gasteiger partial charge in [0.25, 0.3) is 0 Å². The Hall–Kier alpha value is -0.700. The van der Waals surface area contributed by atoms with Crippen LogP contribution in [-0.2, 0) is 0 Å². The maximum absolute atomic E-state index is 3.68. The molecule has 0 bridgehead atoms. The van der Waals surface area contributed by atoms with Crippen molar-refractivity contribution < 1.29 is 0 Å². The fraction of sp³-hybridized carbons (Fsp3) is 0.500. The van der Waals surface area contributed by atoms with Crippen molar-refractivity contribution in [1.82, 2.24) is 0 Å². The van der Waals surface area contributed by atoms with Crippen LogP contribution in [0.1, 0.15) is 19.3 Å². The molecule has 1 aliphatic rings. The van der Waals surface area contributed by atoms with E-state index in [0.717, 1.165) is 6.42 Å². The lowest BCUT2D eigenvalue weighted by Gasteiger charge is -2.05. The van der Waals surface area contributed by atoms with Crippen molar-refractivity contribution in [2.75, 3.05) is 0 Å². The molecule has 1 rings (SSSR count). The maximum Gasteiger partial charge on any atom is 0.0380 e. The van der Waals surface area contributed by atoms with Crippen molar-refractivity contribution in [2.45, 2.75) is 19.3 Å². The molecule has 0 aromatic rings. The highest BCUT2D eigenvalue weighted by atomic mass is 14.0. The van der Waals surface area contributed by atoms with Gasteiger partial charge in [-0.1, -0.05) is 12.0 Å². The summed E-state index contributed by atoms with van der Waals surface area (Å²) in [6, 6.07) is 0. The molecule has 0 aromatic carbocycles. The zero-order chi connectivity index (χ0) is 5.82. The second kappa shape index (κ2) is 2.57. The third kappa shape index (κ3) is 1.13. The zero-order valence-electron chi connectivity index (χ0n) is 4.98. The van der Waals surface area contributed by atoms with E-state index in [9.17, 15) is 0 Å². The monoisotopic (exact) mass is 106 g/mol. The molecule has 0 heterocycles. The lowest BCUT2D eigenvalue weighted by molar-refractivity contribution is 0.664. The number of hydrogen-bond acceptors (Lipinski definition) is 0. The van der Waals surface area contributed by atoms with Gasteiger partial charge in [-0.2, -0.15) is 0 Å². The lowest BCUT2D eigenvalue weighted by Crippen LogP contribution is -1.95. The third-order valence-corrected chi connectivity index (χ3v) is 1.39. The fourth-order valence-electron chi connectivity index (χ4n) is 0.863. The Morgan fingerprint density at radius 1 is 1.62 bits per heavy atom. The van der Waals surface area contributed by atoms with Crippen LogP contribution in [0.4, 0.5) is 0 Å². The van der Waals surface area contributed by atoms with E-state index in [1.165, 1.54) is 12.8 Å². The summed E-state index contributed by atoms with van der Waals surface area (Å²) >= 11 is 0. The van der Waals surface area contributed by atoms with Crippen LogP contribution in [0.25, 0.3) is 0 Å². The summed E-state index contributed by atoms with van der Waals surface area (Å²) in [7, 11) is 0. The Morgan fingerprint density at radius 3 is 2.88 bits per heavy atom. The minimum Gasteiger partial charge on any atom is -0.103 e. The minimum atomic E-state index is 0.490. The summed E-state index contributed by atoms with van der Waals surface area (Å²) in [6.45, 7) is 3.68. The van der Waals surface area contributed by atoms with Crippen molar-refractivity contribution in [2.24, 2.45) is 5.92 Å². The van der Waals surface area contributed by atoms with E-state index >= 15 is 0 Å². The van der Waals surface area contributed by atoms with Crippen molar-refractivity contribution in [3.05, 3.63) is 12.7 Å². The lowest BCUT2D eigenvalue weighted by atomic mass is 9.99. The first kappa shape index (κ1) is 5.44. The van der Waals surface area contributed by atoms with E-state index in [1.54, 1.807) is 0 Å². The first-order valence-electron chi connectivity index (χ1n) is 3.04. The molecule has 0 aromatic heterocycles. The van der Waals surface area contributed by atoms with Crippen molar-refractivity contribution in [3.8, 4) is 11.8 Å². The number of allylic oxidation sites excluding steroid dienone is 1. The van der Waals surface area contributed by atoms with Gasteiger partial charge in [-0.05, 0) is 12.8 Å². The molecule has 1 aliphatic carbocycles. The highest BCUT2D eigenvalue weighted by molar-refractivity contribution is 5.12. The van der Waals surface area contributed by atoms with Gasteiger partial charge in [-0.15, -0.1) is 12.5 Å². The molecule has 0 saturated carbocycles. The second-order valence-corrected chi connectivity index (χ2v) is 2.06. The van der Waals surface area contributed by atoms with Crippen LogP contribution in [0, 0.1) is 17.8 Å². The molecule has 8 heavy (non-hydrogen) atoms. The summed E-state index contributed by atoms with van der Waals surface area (Å²) in [6.07, 6.45) is 5.50. The van der Waals surface area contributed by atoms with Gasteiger partial charge in [-0.3, -0.25) is 0 Å². The Morgan fingerprint density at radius 2 is 2.50 bits per heavy atom. The second-order valence-electron chi connectivity index (χ2n) is 2.06. The van der Waals surface area contributed by atoms with E-state index < -0.39 is 0 Å². The highest BCUT2D eigenvalue weighted by Crippen LogP contribution is 2.11. The smallest absolute Gasteiger partial charge is 0.0380 e. The molecule has 1 unspecified atom stereocenters. The van der Waals surface area contributed by atoms with E-state index in [0.29, 0.717) is 5.92 Å². The van der Waals surface area contributed by atoms with E-state index in [2.05, 4.69) is 18.4 Å². The van der Waals surface area contributed by atoms with Gasteiger partial charge in [0, 0.05) is 12.3 Å². The van der Waals surface area contributed by atoms with E-state index in [-0.39, 0.29) is 0 Å². The van der Waals surface area contributed by atoms with Crippen LogP contribution in [0.2, 0.25) is 0 Å². The van der Waals surface area contributed by atoms with Crippen molar-refractivity contribution >= 4 is 0 Å². The molecule has 0 amide bonds. The molecular weight excluding hydrogens is 96.1 g/mol. The standard InChI is InChI=1S/C8H10/c1-2-8-6-4-3-5-7-8/h2,8H,1,3-4,6H2. The van der Waals surface area contributed by atoms with Crippen LogP contribution in [0.3, 0.4) is 0 Å². The average Bonchev–Trinajstić information content (AvgIpc) is 1.90. The quantitative estimate of drug-likeness (QED) is 0.354. The molecule has 0 radical (unpaired) electrons. The van der Waals surface area contributed by atoms with Gasteiger partial charge in [0.2, 0.25) is 0 Å². The Bertz CT molecular complexity index is 134. The predicted octanol–water partition coefficient (Wildman–Crippen LogP) is 1.98. The molecule has 0 N–H and O–H groups in total. The molecule has 0 nitrogen and oxygen atoms in total. The Kier molecular flexibility index (Phi) is 1.75. The predicted molar refractivity (Wildman–Crippen MR) is 35.3 cm³/mol. The fourth-order valence-corrected chi connectivity index (χ4v) is 0.863. The summed E-state index contributed by atoms with van der Waals surface area (Å²) in [4.78, 5) is 0. The van der Waals surface area contributed by atoms with Gasteiger partial charge >= 0.3 is 0 Å². The van der Waals surface area contributed by atoms with E-state index in [1.807, 2.05) is 6.08 Å². The van der Waals surface area contributed by atoms with Gasteiger partial charge in [0.1, 0.15) is 0 Å². The summed E-state index contributed by atoms with van der Waals surface area (Å²) in [5.74, 6) is 6.65. The van der Waals surface area contributed by atoms with Gasteiger partial charge < -0.3 is 0 Å². The zero-order valence-corrected chi connectivity index (χ0v) is 4.98. The first-order chi connectivity index (χ1) is 3.93. The molecule has 0 aliphatic heterocycles. The van der Waals surface area contributed by atoms with Gasteiger partial charge in [0.05, 0.1) is 0 Å². The average molecular weight is 106 g/mol. The first-order valence-corrected chi connectivity index (χ1v) is 3.04. The van der Waals surface area contributed by atoms with Crippen LogP contribution < -0.4 is 0 Å². The Balaban J connectivity index is 2.51. The topological polar surface area (TPSA) is 0 Å². The molecule has 0 spiro atoms. The molecule has 0 saturated heterocycles. The normalized spacial score (nSPS) is 25.8. The van der Waals surface area contributed by atoms with Crippen molar-refractivity contribution in [1.29, 1.82) is 0 Å². The molecule has 42 valence electrons. The Labute approximate surface area is 50.6 Å². The van der Waals surface area contributed by atoms with Gasteiger partial charge in [-0.25, -0.2) is 0 Å². The van der Waals surface area contributed by atoms with Crippen LogP contribution >= 0.6 is 0 Å². The SMILES string of the molecule is C=CC1C#CCCC1. The van der Waals surface area contributed by atoms with Crippen LogP contribution in [0.5, 0.6) is 0 Å². The molecule has 1 atom stereocenters. The van der Waals surface area contributed by atoms with Gasteiger partial charge in [0.15, 0.2) is 0 Å². The third-order valence-electron chi connectivity index (χ3n) is 1.39. The highest BCUT2D eigenvalue weighted by Gasteiger charge is 2.00. The summed E-state index contributed by atoms with van der Waals surface area (Å²) in [5, 5.41) is 0. The molecule has 0 fully saturated rings. The van der Waals surface area contributed by atoms with Crippen LogP contribution in [0.15, 0.2) is 12.7 Å². The van der Waals surface area contributed by atoms with Crippen molar-refractivity contribution in [3.63, 3.8) is 0 Å². The molecule has 0 heteroatoms. The number of rotatable bonds is 1. The van der Waals surface area contributed by atoms with Crippen LogP contribution in [-0.4, -0.2) is 0 Å². The largest absolute Gasteiger partial charge is 0.103 e. The summed E-state index contributed by atoms with van der Waals surface area (Å²) < 4.78 is 0. The maximum atomic E-state index is 3.68. The number of hydrogen-bond donors (Lipinski definition) is 0. The summed E-state index contributed by atoms with van der Waals surface area (Å²) in [5.41, 5.74) is 0. The van der Waals surface area contributed by atoms with E-state index in [4.69, 9.17) is 0 Å².